The number of carbonyl (C=O) groups is 12. The molecule has 568 valence electrons. The minimum Gasteiger partial charge on any atom is -0.376 e. The molecule has 1 spiro atoms. The predicted octanol–water partition coefficient (Wildman–Crippen LogP) is 5.22. The number of alkyl halides is 4. The summed E-state index contributed by atoms with van der Waals surface area (Å²) in [6.45, 7) is 8.93. The second kappa shape index (κ2) is 35.0. The maximum absolute atomic E-state index is 15.7. The molecule has 8 aliphatic rings. The van der Waals surface area contributed by atoms with E-state index in [1.54, 1.807) is 11.8 Å². The molecular weight excluding hydrogens is 1330 g/mol. The molecule has 4 saturated carbocycles. The first-order chi connectivity index (χ1) is 47.7. The Morgan fingerprint density at radius 3 is 1.86 bits per heavy atom. The van der Waals surface area contributed by atoms with E-state index < -0.39 is 167 Å². The quantitative estimate of drug-likeness (QED) is 0.212. The summed E-state index contributed by atoms with van der Waals surface area (Å²) in [5, 5.41) is 7.62. The normalized spacial score (nSPS) is 31.5. The molecule has 13 atom stereocenters. The summed E-state index contributed by atoms with van der Waals surface area (Å²) in [7, 11) is 8.62. The molecule has 4 aliphatic carbocycles. The van der Waals surface area contributed by atoms with Gasteiger partial charge in [-0.15, -0.1) is 11.6 Å². The summed E-state index contributed by atoms with van der Waals surface area (Å²) in [4.78, 5) is 192. The number of likely N-dealkylation sites (tertiary alicyclic amines) is 1. The fraction of sp³-hybridized carbons (Fsp3) is 0.833. The maximum atomic E-state index is 15.7. The van der Waals surface area contributed by atoms with Gasteiger partial charge in [0, 0.05) is 73.8 Å². The molecule has 4 heterocycles. The van der Waals surface area contributed by atoms with E-state index in [2.05, 4.69) is 16.0 Å². The topological polar surface area (TPSA) is 279 Å². The number of halogens is 4. The second-order valence-electron chi connectivity index (χ2n) is 31.0. The number of carbonyl (C=O) groups excluding carboxylic acids is 12. The number of hydrogen-bond acceptors (Lipinski definition) is 13. The molecule has 0 aromatic carbocycles. The Morgan fingerprint density at radius 1 is 0.624 bits per heavy atom. The van der Waals surface area contributed by atoms with Gasteiger partial charge in [-0.25, -0.2) is 0 Å². The van der Waals surface area contributed by atoms with Crippen molar-refractivity contribution in [2.45, 2.75) is 273 Å². The zero-order chi connectivity index (χ0) is 74.1. The lowest BCUT2D eigenvalue weighted by molar-refractivity contribution is -0.182. The van der Waals surface area contributed by atoms with Gasteiger partial charge in [-0.05, 0) is 153 Å². The molecule has 8 rings (SSSR count). The van der Waals surface area contributed by atoms with Crippen molar-refractivity contribution in [3.63, 3.8) is 0 Å². The summed E-state index contributed by atoms with van der Waals surface area (Å²) in [5.41, 5.74) is -1.55. The average Bonchev–Trinajstić information content (AvgIpc) is 1.73. The second-order valence-corrected chi connectivity index (χ2v) is 31.6. The van der Waals surface area contributed by atoms with Gasteiger partial charge in [0.15, 0.2) is 0 Å². The first kappa shape index (κ1) is 80.4. The van der Waals surface area contributed by atoms with Crippen molar-refractivity contribution >= 4 is 82.5 Å². The van der Waals surface area contributed by atoms with Crippen LogP contribution >= 0.6 is 11.6 Å². The zero-order valence-corrected chi connectivity index (χ0v) is 62.3. The summed E-state index contributed by atoms with van der Waals surface area (Å²) >= 11 is 6.40. The zero-order valence-electron chi connectivity index (χ0n) is 61.5. The van der Waals surface area contributed by atoms with E-state index >= 15 is 28.8 Å². The number of fused-ring (bicyclic) bond motifs is 2. The monoisotopic (exact) mass is 1450 g/mol. The highest BCUT2D eigenvalue weighted by atomic mass is 35.5. The Morgan fingerprint density at radius 2 is 1.28 bits per heavy atom. The van der Waals surface area contributed by atoms with Crippen molar-refractivity contribution in [3.05, 3.63) is 0 Å². The Labute approximate surface area is 599 Å². The van der Waals surface area contributed by atoms with E-state index in [0.29, 0.717) is 77.3 Å². The first-order valence-corrected chi connectivity index (χ1v) is 37.9. The molecule has 12 amide bonds. The lowest BCUT2D eigenvalue weighted by atomic mass is 9.78. The first-order valence-electron chi connectivity index (χ1n) is 37.4. The van der Waals surface area contributed by atoms with Crippen LogP contribution in [0.1, 0.15) is 195 Å². The standard InChI is InChI=1S/C72H114ClF3N12O13/c1-12-44(4)59-68(98)81(7)45(5)63(93)88-37-31-53(88)66(96)84(10)56(42-101-48-24-20-25-48)65(95)80(6)41-57(89)77-51(30-28-46-27-29-49(50(73)39-46)72(74,75)76)64(94)87-36-21-26-52(87)62(92)79-71(32-16-17-33-71)70(100)85(11)60(47-22-14-15-23-47)69(99)83(9)55(67(97)86-34-18-13-19-35-86)40-58(90)82(8)54(38-43(2)3)61(91)78-59/h43-56,59-60H,12-42H2,1-11H3,(H,77,89)(H,78,91)(H,79,92)/t44-,45-,46?,49?,50?,51-,52-,53-,54-,55-,56-,59-,60-/m0/s1. The highest BCUT2D eigenvalue weighted by Gasteiger charge is 2.53. The Kier molecular flexibility index (Phi) is 27.8. The van der Waals surface area contributed by atoms with Crippen molar-refractivity contribution in [1.82, 2.24) is 60.0 Å². The van der Waals surface area contributed by atoms with E-state index in [9.17, 15) is 41.9 Å². The molecule has 101 heavy (non-hydrogen) atoms. The number of amides is 12. The van der Waals surface area contributed by atoms with Gasteiger partial charge in [0.05, 0.1) is 31.6 Å². The van der Waals surface area contributed by atoms with Gasteiger partial charge in [-0.1, -0.05) is 59.8 Å². The van der Waals surface area contributed by atoms with Crippen LogP contribution in [0, 0.1) is 29.6 Å². The number of ether oxygens (including phenoxy) is 1. The number of nitrogens with one attached hydrogen (secondary N) is 3. The van der Waals surface area contributed by atoms with Gasteiger partial charge in [0.2, 0.25) is 70.9 Å². The predicted molar refractivity (Wildman–Crippen MR) is 369 cm³/mol. The molecule has 0 aromatic rings. The molecule has 4 aliphatic heterocycles. The van der Waals surface area contributed by atoms with Crippen molar-refractivity contribution in [3.8, 4) is 0 Å². The van der Waals surface area contributed by atoms with Crippen LogP contribution in [0.25, 0.3) is 0 Å². The number of rotatable bonds is 12. The van der Waals surface area contributed by atoms with Crippen molar-refractivity contribution < 1.29 is 75.4 Å². The van der Waals surface area contributed by atoms with Crippen LogP contribution < -0.4 is 16.0 Å². The number of piperidine rings is 1. The van der Waals surface area contributed by atoms with Gasteiger partial charge in [0.25, 0.3) is 0 Å². The third-order valence-electron chi connectivity index (χ3n) is 23.7. The third-order valence-corrected chi connectivity index (χ3v) is 24.2. The molecular formula is C72H114ClF3N12O13. The molecule has 25 nitrogen and oxygen atoms in total. The van der Waals surface area contributed by atoms with Crippen LogP contribution in [-0.4, -0.2) is 274 Å². The molecule has 0 bridgehead atoms. The van der Waals surface area contributed by atoms with Crippen molar-refractivity contribution in [2.75, 3.05) is 81.6 Å². The molecule has 3 unspecified atom stereocenters. The minimum absolute atomic E-state index is 0.00702. The van der Waals surface area contributed by atoms with Gasteiger partial charge in [0.1, 0.15) is 59.9 Å². The van der Waals surface area contributed by atoms with Gasteiger partial charge in [-0.2, -0.15) is 13.2 Å². The smallest absolute Gasteiger partial charge is 0.376 e. The van der Waals surface area contributed by atoms with Crippen LogP contribution in [0.5, 0.6) is 0 Å². The highest BCUT2D eigenvalue weighted by molar-refractivity contribution is 6.21. The Bertz CT molecular complexity index is 3000. The van der Waals surface area contributed by atoms with Crippen LogP contribution in [0.2, 0.25) is 0 Å². The van der Waals surface area contributed by atoms with E-state index in [0.717, 1.165) is 30.6 Å². The van der Waals surface area contributed by atoms with Crippen molar-refractivity contribution in [2.24, 2.45) is 29.6 Å². The maximum Gasteiger partial charge on any atom is 0.393 e. The van der Waals surface area contributed by atoms with Gasteiger partial charge < -0.3 is 64.8 Å². The molecule has 0 aromatic heterocycles. The summed E-state index contributed by atoms with van der Waals surface area (Å²) in [5.74, 6) is -10.7. The number of likely N-dealkylation sites (N-methyl/N-ethyl adjacent to an activating group) is 6. The molecule has 8 fully saturated rings. The van der Waals surface area contributed by atoms with Gasteiger partial charge >= 0.3 is 6.18 Å². The molecule has 0 radical (unpaired) electrons. The largest absolute Gasteiger partial charge is 0.393 e. The Hall–Kier alpha value is -6.32. The van der Waals surface area contributed by atoms with Crippen LogP contribution in [0.3, 0.4) is 0 Å². The van der Waals surface area contributed by atoms with Crippen LogP contribution in [0.4, 0.5) is 13.2 Å². The number of hydrogen-bond donors (Lipinski definition) is 3. The summed E-state index contributed by atoms with van der Waals surface area (Å²) in [6.07, 6.45) is 4.62. The van der Waals surface area contributed by atoms with Crippen molar-refractivity contribution in [1.29, 1.82) is 0 Å². The van der Waals surface area contributed by atoms with Gasteiger partial charge in [-0.3, -0.25) is 57.5 Å². The van der Waals surface area contributed by atoms with Crippen LogP contribution in [0.15, 0.2) is 0 Å². The minimum atomic E-state index is -4.51. The van der Waals surface area contributed by atoms with E-state index in [1.165, 1.54) is 83.5 Å². The van der Waals surface area contributed by atoms with Crippen LogP contribution in [-0.2, 0) is 62.3 Å². The molecule has 4 saturated heterocycles. The van der Waals surface area contributed by atoms with E-state index in [1.807, 2.05) is 20.8 Å². The SMILES string of the molecule is CC[C@H](C)[C@@H]1NC(=O)[C@H](CC(C)C)N(C)C(=O)C[C@@H](C(=O)N2CCCCC2)N(C)C(=O)[C@H](C2CCCC2)N(C)C(=O)C2(CCCC2)NC(=O)[C@@H]2CCCN2C(=O)[C@H](CCC2CCC(C(F)(F)F)C(Cl)C2)NC(=O)CN(C)C(=O)[C@H](COC2CCC2)N(C)C(=O)[C@@H]2CCN2C(=O)[C@H](C)N(C)C1=O. The fourth-order valence-corrected chi connectivity index (χ4v) is 17.0. The summed E-state index contributed by atoms with van der Waals surface area (Å²) in [6, 6.07) is -11.0. The van der Waals surface area contributed by atoms with E-state index in [-0.39, 0.29) is 108 Å². The number of nitrogens with zero attached hydrogens (tertiary/aromatic N) is 9. The molecule has 3 N–H and O–H groups in total. The molecule has 29 heteroatoms. The lowest BCUT2D eigenvalue weighted by Gasteiger charge is -2.45. The third kappa shape index (κ3) is 18.8. The Balaban J connectivity index is 1.16. The summed E-state index contributed by atoms with van der Waals surface area (Å²) < 4.78 is 48.2. The fourth-order valence-electron chi connectivity index (χ4n) is 16.5. The van der Waals surface area contributed by atoms with E-state index in [4.69, 9.17) is 16.3 Å². The average molecular weight is 1450 g/mol. The highest BCUT2D eigenvalue weighted by Crippen LogP contribution is 2.44. The lowest BCUT2D eigenvalue weighted by Crippen LogP contribution is -2.65.